The summed E-state index contributed by atoms with van der Waals surface area (Å²) < 4.78 is 6.68. The fourth-order valence-electron chi connectivity index (χ4n) is 2.19. The van der Waals surface area contributed by atoms with Gasteiger partial charge in [-0.1, -0.05) is 41.9 Å². The van der Waals surface area contributed by atoms with Crippen molar-refractivity contribution in [3.63, 3.8) is 0 Å². The van der Waals surface area contributed by atoms with Gasteiger partial charge in [0.1, 0.15) is 5.15 Å². The molecule has 0 bridgehead atoms. The van der Waals surface area contributed by atoms with Crippen LogP contribution in [0.3, 0.4) is 0 Å². The summed E-state index contributed by atoms with van der Waals surface area (Å²) in [6.07, 6.45) is 2.90. The number of nitrogens with zero attached hydrogens (tertiary/aromatic N) is 3. The maximum atomic E-state index is 11.7. The standard InChI is InChI=1S/C17H15ClN4O2/c1-12-14(10-19-20-17(23)15-8-5-9-24-15)16(18)22(21-12)11-13-6-3-2-4-7-13/h2-10H,11H2,1H3,(H,20,23)/b19-10+. The fraction of sp³-hybridized carbons (Fsp3) is 0.118. The highest BCUT2D eigenvalue weighted by atomic mass is 35.5. The average molecular weight is 343 g/mol. The quantitative estimate of drug-likeness (QED) is 0.571. The van der Waals surface area contributed by atoms with E-state index in [0.717, 1.165) is 11.3 Å². The Morgan fingerprint density at radius 3 is 2.83 bits per heavy atom. The molecule has 2 heterocycles. The maximum absolute atomic E-state index is 11.7. The molecule has 1 amide bonds. The van der Waals surface area contributed by atoms with Crippen molar-refractivity contribution in [1.29, 1.82) is 0 Å². The van der Waals surface area contributed by atoms with Gasteiger partial charge in [-0.15, -0.1) is 0 Å². The van der Waals surface area contributed by atoms with Gasteiger partial charge in [-0.3, -0.25) is 4.79 Å². The number of aromatic nitrogens is 2. The van der Waals surface area contributed by atoms with Crippen molar-refractivity contribution >= 4 is 23.7 Å². The molecule has 24 heavy (non-hydrogen) atoms. The van der Waals surface area contributed by atoms with Crippen LogP contribution in [0.2, 0.25) is 5.15 Å². The highest BCUT2D eigenvalue weighted by molar-refractivity contribution is 6.32. The van der Waals surface area contributed by atoms with Gasteiger partial charge < -0.3 is 4.42 Å². The first-order valence-corrected chi connectivity index (χ1v) is 7.66. The van der Waals surface area contributed by atoms with Gasteiger partial charge in [0.05, 0.1) is 30.3 Å². The van der Waals surface area contributed by atoms with E-state index in [4.69, 9.17) is 16.0 Å². The van der Waals surface area contributed by atoms with E-state index in [2.05, 4.69) is 15.6 Å². The van der Waals surface area contributed by atoms with Crippen molar-refractivity contribution in [2.24, 2.45) is 5.10 Å². The number of hydrazone groups is 1. The molecule has 0 fully saturated rings. The van der Waals surface area contributed by atoms with Gasteiger partial charge in [-0.05, 0) is 24.6 Å². The summed E-state index contributed by atoms with van der Waals surface area (Å²) >= 11 is 6.37. The van der Waals surface area contributed by atoms with Gasteiger partial charge >= 0.3 is 5.91 Å². The molecule has 0 aliphatic rings. The second-order valence-corrected chi connectivity index (χ2v) is 5.47. The lowest BCUT2D eigenvalue weighted by Gasteiger charge is -2.03. The largest absolute Gasteiger partial charge is 0.459 e. The number of benzene rings is 1. The Morgan fingerprint density at radius 2 is 2.12 bits per heavy atom. The molecule has 0 saturated heterocycles. The second kappa shape index (κ2) is 7.14. The molecule has 0 unspecified atom stereocenters. The first kappa shape index (κ1) is 16.0. The number of hydrogen-bond acceptors (Lipinski definition) is 4. The van der Waals surface area contributed by atoms with E-state index in [1.54, 1.807) is 16.8 Å². The lowest BCUT2D eigenvalue weighted by molar-refractivity contribution is 0.0927. The minimum absolute atomic E-state index is 0.190. The summed E-state index contributed by atoms with van der Waals surface area (Å²) in [5.41, 5.74) is 4.87. The highest BCUT2D eigenvalue weighted by Crippen LogP contribution is 2.19. The van der Waals surface area contributed by atoms with E-state index in [-0.39, 0.29) is 5.76 Å². The van der Waals surface area contributed by atoms with Crippen molar-refractivity contribution in [3.05, 3.63) is 76.5 Å². The lowest BCUT2D eigenvalue weighted by Crippen LogP contribution is -2.16. The number of nitrogens with one attached hydrogen (secondary N) is 1. The minimum Gasteiger partial charge on any atom is -0.459 e. The molecule has 3 aromatic rings. The number of carbonyl (C=O) groups excluding carboxylic acids is 1. The molecule has 0 atom stereocenters. The molecule has 1 N–H and O–H groups in total. The number of furan rings is 1. The first-order chi connectivity index (χ1) is 11.6. The molecule has 0 radical (unpaired) electrons. The molecule has 3 rings (SSSR count). The molecule has 122 valence electrons. The van der Waals surface area contributed by atoms with Crippen molar-refractivity contribution in [3.8, 4) is 0 Å². The zero-order valence-corrected chi connectivity index (χ0v) is 13.7. The topological polar surface area (TPSA) is 72.4 Å². The van der Waals surface area contributed by atoms with Gasteiger partial charge in [0.2, 0.25) is 0 Å². The Balaban J connectivity index is 1.72. The molecule has 0 aliphatic heterocycles. The number of carbonyl (C=O) groups is 1. The van der Waals surface area contributed by atoms with Crippen LogP contribution < -0.4 is 5.43 Å². The second-order valence-electron chi connectivity index (χ2n) is 5.11. The van der Waals surface area contributed by atoms with Crippen LogP contribution in [0, 0.1) is 6.92 Å². The van der Waals surface area contributed by atoms with E-state index >= 15 is 0 Å². The van der Waals surface area contributed by atoms with Crippen LogP contribution >= 0.6 is 11.6 Å². The predicted molar refractivity (Wildman–Crippen MR) is 91.3 cm³/mol. The third-order valence-electron chi connectivity index (χ3n) is 3.39. The SMILES string of the molecule is Cc1nn(Cc2ccccc2)c(Cl)c1/C=N/NC(=O)c1ccco1. The first-order valence-electron chi connectivity index (χ1n) is 7.29. The summed E-state index contributed by atoms with van der Waals surface area (Å²) in [6, 6.07) is 13.1. The molecule has 0 spiro atoms. The fourth-order valence-corrected chi connectivity index (χ4v) is 2.48. The number of aryl methyl sites for hydroxylation is 1. The molecule has 7 heteroatoms. The minimum atomic E-state index is -0.429. The van der Waals surface area contributed by atoms with Crippen LogP contribution in [-0.4, -0.2) is 21.9 Å². The van der Waals surface area contributed by atoms with Crippen molar-refractivity contribution in [2.45, 2.75) is 13.5 Å². The zero-order valence-electron chi connectivity index (χ0n) is 12.9. The van der Waals surface area contributed by atoms with Crippen LogP contribution in [-0.2, 0) is 6.54 Å². The predicted octanol–water partition coefficient (Wildman–Crippen LogP) is 3.25. The molecule has 0 aliphatic carbocycles. The van der Waals surface area contributed by atoms with Gasteiger partial charge in [-0.25, -0.2) is 10.1 Å². The summed E-state index contributed by atoms with van der Waals surface area (Å²) in [5.74, 6) is -0.239. The van der Waals surface area contributed by atoms with Gasteiger partial charge in [0.25, 0.3) is 0 Å². The van der Waals surface area contributed by atoms with Crippen molar-refractivity contribution in [2.75, 3.05) is 0 Å². The van der Waals surface area contributed by atoms with Crippen LogP contribution in [0.1, 0.15) is 27.4 Å². The highest BCUT2D eigenvalue weighted by Gasteiger charge is 2.12. The Kier molecular flexibility index (Phi) is 4.77. The Morgan fingerprint density at radius 1 is 1.33 bits per heavy atom. The maximum Gasteiger partial charge on any atom is 0.307 e. The summed E-state index contributed by atoms with van der Waals surface area (Å²) in [4.78, 5) is 11.7. The number of rotatable bonds is 5. The van der Waals surface area contributed by atoms with E-state index in [0.29, 0.717) is 17.3 Å². The summed E-state index contributed by atoms with van der Waals surface area (Å²) in [7, 11) is 0. The van der Waals surface area contributed by atoms with Gasteiger partial charge in [-0.2, -0.15) is 10.2 Å². The molecule has 2 aromatic heterocycles. The van der Waals surface area contributed by atoms with Gasteiger partial charge in [0.15, 0.2) is 5.76 Å². The van der Waals surface area contributed by atoms with Crippen LogP contribution in [0.15, 0.2) is 58.2 Å². The summed E-state index contributed by atoms with van der Waals surface area (Å²) in [5, 5.41) is 8.80. The van der Waals surface area contributed by atoms with E-state index in [1.807, 2.05) is 37.3 Å². The van der Waals surface area contributed by atoms with Crippen LogP contribution in [0.25, 0.3) is 0 Å². The van der Waals surface area contributed by atoms with E-state index in [9.17, 15) is 4.79 Å². The van der Waals surface area contributed by atoms with Crippen LogP contribution in [0.5, 0.6) is 0 Å². The molecular formula is C17H15ClN4O2. The Bertz CT molecular complexity index is 854. The average Bonchev–Trinajstić information content (AvgIpc) is 3.20. The summed E-state index contributed by atoms with van der Waals surface area (Å²) in [6.45, 7) is 2.40. The third-order valence-corrected chi connectivity index (χ3v) is 3.79. The lowest BCUT2D eigenvalue weighted by atomic mass is 10.2. The smallest absolute Gasteiger partial charge is 0.307 e. The molecule has 0 saturated carbocycles. The Hall–Kier alpha value is -2.86. The van der Waals surface area contributed by atoms with E-state index in [1.165, 1.54) is 12.5 Å². The normalized spacial score (nSPS) is 11.1. The molecule has 1 aromatic carbocycles. The van der Waals surface area contributed by atoms with Gasteiger partial charge in [0, 0.05) is 0 Å². The molecular weight excluding hydrogens is 328 g/mol. The van der Waals surface area contributed by atoms with E-state index < -0.39 is 5.91 Å². The molecule has 6 nitrogen and oxygen atoms in total. The number of amides is 1. The zero-order chi connectivity index (χ0) is 16.9. The third kappa shape index (κ3) is 3.55. The number of halogens is 1. The van der Waals surface area contributed by atoms with Crippen molar-refractivity contribution < 1.29 is 9.21 Å². The van der Waals surface area contributed by atoms with Crippen LogP contribution in [0.4, 0.5) is 0 Å². The number of hydrogen-bond donors (Lipinski definition) is 1. The monoisotopic (exact) mass is 342 g/mol. The Labute approximate surface area is 143 Å². The van der Waals surface area contributed by atoms with Crippen molar-refractivity contribution in [1.82, 2.24) is 15.2 Å².